The molecule has 2 aromatic heterocycles. The standard InChI is InChI=1S/C39H49N11O8/c1-2-29(51)46-27-19-28(33(55)32(27)54)50-22-44-31-34(42-20-26(23-9-5-3-6-10-23)24-11-7-4-8-12-24)47-35(48-36(31)50)37(56)40-15-16-41-38(57)45-25-13-17-49(18-14-25)39(58)43-21-30(52)53/h3-12,22,25-28,32-33,54-55H,2,13-21H2,1H3,(H,40,56)(H,43,58)(H,46,51)(H,52,53)(H2,41,45,57)(H,42,47,48)/t27-,28+,32+,33-/m0/s1. The van der Waals surface area contributed by atoms with E-state index in [1.165, 1.54) is 11.2 Å². The Balaban J connectivity index is 1.14. The summed E-state index contributed by atoms with van der Waals surface area (Å²) in [4.78, 5) is 76.5. The van der Waals surface area contributed by atoms with Crippen molar-refractivity contribution in [3.05, 3.63) is 83.9 Å². The van der Waals surface area contributed by atoms with Gasteiger partial charge in [-0.05, 0) is 30.4 Å². The second-order valence-corrected chi connectivity index (χ2v) is 14.3. The van der Waals surface area contributed by atoms with Crippen molar-refractivity contribution in [1.29, 1.82) is 0 Å². The van der Waals surface area contributed by atoms with Crippen molar-refractivity contribution in [2.45, 2.75) is 68.9 Å². The molecule has 1 aliphatic carbocycles. The third-order valence-corrected chi connectivity index (χ3v) is 10.4. The number of aromatic nitrogens is 4. The van der Waals surface area contributed by atoms with Gasteiger partial charge in [0.05, 0.1) is 18.4 Å². The number of aliphatic hydroxyl groups is 2. The van der Waals surface area contributed by atoms with Gasteiger partial charge in [-0.15, -0.1) is 0 Å². The largest absolute Gasteiger partial charge is 0.480 e. The number of anilines is 1. The van der Waals surface area contributed by atoms with Crippen LogP contribution in [0, 0.1) is 0 Å². The van der Waals surface area contributed by atoms with Gasteiger partial charge in [0.15, 0.2) is 11.5 Å². The van der Waals surface area contributed by atoms with Crippen molar-refractivity contribution in [1.82, 2.24) is 51.0 Å². The number of carbonyl (C=O) groups excluding carboxylic acids is 4. The van der Waals surface area contributed by atoms with Crippen LogP contribution in [0.5, 0.6) is 0 Å². The van der Waals surface area contributed by atoms with Crippen LogP contribution in [-0.2, 0) is 9.59 Å². The third kappa shape index (κ3) is 10.1. The molecule has 1 saturated carbocycles. The molecular weight excluding hydrogens is 750 g/mol. The maximum atomic E-state index is 13.6. The van der Waals surface area contributed by atoms with E-state index in [4.69, 9.17) is 5.11 Å². The first kappa shape index (κ1) is 41.3. The third-order valence-electron chi connectivity index (χ3n) is 10.4. The van der Waals surface area contributed by atoms with E-state index in [9.17, 15) is 34.2 Å². The summed E-state index contributed by atoms with van der Waals surface area (Å²) in [6, 6.07) is 17.3. The number of nitrogens with one attached hydrogen (secondary N) is 6. The smallest absolute Gasteiger partial charge is 0.323 e. The highest BCUT2D eigenvalue weighted by Crippen LogP contribution is 2.34. The summed E-state index contributed by atoms with van der Waals surface area (Å²) in [7, 11) is 0. The maximum Gasteiger partial charge on any atom is 0.323 e. The molecule has 0 unspecified atom stereocenters. The fraction of sp³-hybridized carbons (Fsp3) is 0.436. The van der Waals surface area contributed by atoms with Gasteiger partial charge in [-0.2, -0.15) is 0 Å². The summed E-state index contributed by atoms with van der Waals surface area (Å²) in [5, 5.41) is 47.5. The number of benzene rings is 2. The minimum atomic E-state index is -1.27. The zero-order valence-corrected chi connectivity index (χ0v) is 32.0. The topological polar surface area (TPSA) is 265 Å². The Morgan fingerprint density at radius 2 is 1.50 bits per heavy atom. The van der Waals surface area contributed by atoms with Crippen molar-refractivity contribution >= 4 is 46.8 Å². The Labute approximate surface area is 334 Å². The summed E-state index contributed by atoms with van der Waals surface area (Å²) < 4.78 is 1.59. The van der Waals surface area contributed by atoms with Crippen LogP contribution in [0.4, 0.5) is 15.4 Å². The number of carbonyl (C=O) groups is 5. The fourth-order valence-corrected chi connectivity index (χ4v) is 7.28. The molecular formula is C39H49N11O8. The van der Waals surface area contributed by atoms with Crippen LogP contribution >= 0.6 is 0 Å². The lowest BCUT2D eigenvalue weighted by Crippen LogP contribution is -2.52. The van der Waals surface area contributed by atoms with Gasteiger partial charge in [0.1, 0.15) is 24.3 Å². The zero-order chi connectivity index (χ0) is 41.2. The lowest BCUT2D eigenvalue weighted by atomic mass is 9.91. The van der Waals surface area contributed by atoms with Crippen LogP contribution in [0.2, 0.25) is 0 Å². The molecule has 2 fully saturated rings. The first-order valence-electron chi connectivity index (χ1n) is 19.3. The van der Waals surface area contributed by atoms with E-state index in [0.29, 0.717) is 38.0 Å². The number of urea groups is 2. The molecule has 4 atom stereocenters. The Hall–Kier alpha value is -6.34. The van der Waals surface area contributed by atoms with Gasteiger partial charge in [0.2, 0.25) is 11.7 Å². The van der Waals surface area contributed by atoms with E-state index in [0.717, 1.165) is 11.1 Å². The van der Waals surface area contributed by atoms with Crippen LogP contribution in [0.15, 0.2) is 67.0 Å². The van der Waals surface area contributed by atoms with Gasteiger partial charge in [-0.1, -0.05) is 67.6 Å². The molecule has 6 rings (SSSR count). The summed E-state index contributed by atoms with van der Waals surface area (Å²) in [5.41, 5.74) is 2.69. The highest BCUT2D eigenvalue weighted by atomic mass is 16.4. The maximum absolute atomic E-state index is 13.6. The van der Waals surface area contributed by atoms with Crippen LogP contribution in [0.25, 0.3) is 11.2 Å². The summed E-state index contributed by atoms with van der Waals surface area (Å²) in [6.07, 6.45) is 0.338. The lowest BCUT2D eigenvalue weighted by molar-refractivity contribution is -0.135. The number of carboxylic acid groups (broad SMARTS) is 1. The van der Waals surface area contributed by atoms with Crippen LogP contribution in [0.3, 0.4) is 0 Å². The molecule has 0 bridgehead atoms. The Morgan fingerprint density at radius 1 is 0.845 bits per heavy atom. The van der Waals surface area contributed by atoms with E-state index < -0.39 is 54.8 Å². The van der Waals surface area contributed by atoms with Crippen molar-refractivity contribution in [3.63, 3.8) is 0 Å². The molecule has 9 N–H and O–H groups in total. The Kier molecular flexibility index (Phi) is 13.7. The average Bonchev–Trinajstić information content (AvgIpc) is 3.78. The molecule has 58 heavy (non-hydrogen) atoms. The molecule has 308 valence electrons. The number of nitrogens with zero attached hydrogens (tertiary/aromatic N) is 5. The number of hydrogen-bond donors (Lipinski definition) is 9. The number of amides is 6. The zero-order valence-electron chi connectivity index (χ0n) is 32.0. The van der Waals surface area contributed by atoms with E-state index in [2.05, 4.69) is 46.9 Å². The number of rotatable bonds is 15. The summed E-state index contributed by atoms with van der Waals surface area (Å²) >= 11 is 0. The molecule has 1 saturated heterocycles. The minimum Gasteiger partial charge on any atom is -0.480 e. The second-order valence-electron chi connectivity index (χ2n) is 14.3. The van der Waals surface area contributed by atoms with Gasteiger partial charge in [0, 0.05) is 51.1 Å². The summed E-state index contributed by atoms with van der Waals surface area (Å²) in [6.45, 7) is 2.41. The number of likely N-dealkylation sites (tertiary alicyclic amines) is 1. The van der Waals surface area contributed by atoms with Gasteiger partial charge in [0.25, 0.3) is 5.91 Å². The Morgan fingerprint density at radius 3 is 2.14 bits per heavy atom. The van der Waals surface area contributed by atoms with Gasteiger partial charge in [-0.25, -0.2) is 24.5 Å². The monoisotopic (exact) mass is 799 g/mol. The van der Waals surface area contributed by atoms with E-state index in [1.54, 1.807) is 11.5 Å². The van der Waals surface area contributed by atoms with Crippen molar-refractivity contribution in [3.8, 4) is 0 Å². The Bertz CT molecular complexity index is 2020. The number of imidazole rings is 1. The summed E-state index contributed by atoms with van der Waals surface area (Å²) in [5.74, 6) is -2.05. The predicted molar refractivity (Wildman–Crippen MR) is 211 cm³/mol. The van der Waals surface area contributed by atoms with Gasteiger partial charge < -0.3 is 56.7 Å². The quantitative estimate of drug-likeness (QED) is 0.0761. The van der Waals surface area contributed by atoms with Crippen molar-refractivity contribution < 1.29 is 39.3 Å². The predicted octanol–water partition coefficient (Wildman–Crippen LogP) is 0.919. The molecule has 6 amide bonds. The van der Waals surface area contributed by atoms with Gasteiger partial charge >= 0.3 is 18.0 Å². The SMILES string of the molecule is CCC(=O)N[C@H]1C[C@@H](n2cnc3c(NCC(c4ccccc4)c4ccccc4)nc(C(=O)NCCNC(=O)NC4CCN(C(=O)NCC(=O)O)CC4)nc32)[C@H](O)[C@@H]1O. The average molecular weight is 800 g/mol. The van der Waals surface area contributed by atoms with E-state index in [1.807, 2.05) is 60.7 Å². The highest BCUT2D eigenvalue weighted by Gasteiger charge is 2.44. The first-order valence-corrected chi connectivity index (χ1v) is 19.3. The van der Waals surface area contributed by atoms with Crippen LogP contribution in [-0.4, -0.2) is 133 Å². The number of piperidine rings is 1. The van der Waals surface area contributed by atoms with E-state index >= 15 is 0 Å². The molecule has 2 aliphatic rings. The molecule has 0 radical (unpaired) electrons. The number of aliphatic carboxylic acids is 1. The molecule has 1 aliphatic heterocycles. The molecule has 19 heteroatoms. The van der Waals surface area contributed by atoms with Crippen molar-refractivity contribution in [2.24, 2.45) is 0 Å². The molecule has 3 heterocycles. The van der Waals surface area contributed by atoms with Gasteiger partial charge in [-0.3, -0.25) is 14.4 Å². The minimum absolute atomic E-state index is 0.0360. The molecule has 2 aromatic carbocycles. The molecule has 4 aromatic rings. The van der Waals surface area contributed by atoms with Crippen LogP contribution < -0.4 is 31.9 Å². The number of fused-ring (bicyclic) bond motifs is 1. The number of hydrogen-bond acceptors (Lipinski definition) is 11. The second kappa shape index (κ2) is 19.2. The van der Waals surface area contributed by atoms with Crippen molar-refractivity contribution in [2.75, 3.05) is 44.6 Å². The number of carboxylic acids is 1. The highest BCUT2D eigenvalue weighted by molar-refractivity contribution is 5.94. The normalized spacial score (nSPS) is 19.4. The van der Waals surface area contributed by atoms with Crippen LogP contribution in [0.1, 0.15) is 66.3 Å². The first-order chi connectivity index (χ1) is 28.0. The lowest BCUT2D eigenvalue weighted by Gasteiger charge is -2.32. The number of aliphatic hydroxyl groups excluding tert-OH is 2. The molecule has 19 nitrogen and oxygen atoms in total. The molecule has 0 spiro atoms. The fourth-order valence-electron chi connectivity index (χ4n) is 7.28. The van der Waals surface area contributed by atoms with E-state index in [-0.39, 0.29) is 61.1 Å².